The van der Waals surface area contributed by atoms with Gasteiger partial charge >= 0.3 is 0 Å². The van der Waals surface area contributed by atoms with E-state index in [4.69, 9.17) is 9.47 Å². The quantitative estimate of drug-likeness (QED) is 0.829. The average molecular weight is 330 g/mol. The Hall–Kier alpha value is -2.41. The van der Waals surface area contributed by atoms with Crippen LogP contribution in [0.25, 0.3) is 0 Å². The monoisotopic (exact) mass is 330 g/mol. The largest absolute Gasteiger partial charge is 0.494 e. The maximum Gasteiger partial charge on any atom is 0.270 e. The number of hydrazine groups is 1. The Morgan fingerprint density at radius 1 is 1.25 bits per heavy atom. The van der Waals surface area contributed by atoms with Gasteiger partial charge in [-0.3, -0.25) is 19.8 Å². The molecule has 1 aromatic carbocycles. The summed E-state index contributed by atoms with van der Waals surface area (Å²) in [4.78, 5) is 37.4. The molecule has 0 aliphatic carbocycles. The molecular weight excluding hydrogens is 312 g/mol. The Balaban J connectivity index is 1.51. The molecule has 7 heteroatoms. The lowest BCUT2D eigenvalue weighted by atomic mass is 9.81. The first-order valence-electron chi connectivity index (χ1n) is 8.17. The summed E-state index contributed by atoms with van der Waals surface area (Å²) in [5, 5.41) is 0.874. The van der Waals surface area contributed by atoms with E-state index in [2.05, 4.69) is 5.43 Å². The lowest BCUT2D eigenvalue weighted by Gasteiger charge is -2.18. The van der Waals surface area contributed by atoms with Crippen molar-refractivity contribution in [2.24, 2.45) is 11.8 Å². The highest BCUT2D eigenvalue weighted by Crippen LogP contribution is 2.48. The minimum Gasteiger partial charge on any atom is -0.494 e. The van der Waals surface area contributed by atoms with Gasteiger partial charge in [0.2, 0.25) is 0 Å². The number of rotatable bonds is 4. The molecule has 1 N–H and O–H groups in total. The van der Waals surface area contributed by atoms with Crippen molar-refractivity contribution in [3.05, 3.63) is 29.8 Å². The van der Waals surface area contributed by atoms with Gasteiger partial charge in [0, 0.05) is 5.56 Å². The van der Waals surface area contributed by atoms with Crippen LogP contribution in [0.2, 0.25) is 0 Å². The van der Waals surface area contributed by atoms with Crippen LogP contribution in [0.4, 0.5) is 0 Å². The zero-order valence-electron chi connectivity index (χ0n) is 13.2. The predicted molar refractivity (Wildman–Crippen MR) is 81.8 cm³/mol. The zero-order chi connectivity index (χ0) is 16.8. The molecule has 2 bridgehead atoms. The van der Waals surface area contributed by atoms with Crippen LogP contribution in [0.15, 0.2) is 24.3 Å². The van der Waals surface area contributed by atoms with Gasteiger partial charge in [0.25, 0.3) is 17.7 Å². The molecule has 1 aromatic rings. The lowest BCUT2D eigenvalue weighted by Crippen LogP contribution is -2.47. The second-order valence-electron chi connectivity index (χ2n) is 6.26. The molecule has 0 radical (unpaired) electrons. The summed E-state index contributed by atoms with van der Waals surface area (Å²) >= 11 is 0. The summed E-state index contributed by atoms with van der Waals surface area (Å²) in [5.41, 5.74) is 2.78. The van der Waals surface area contributed by atoms with Crippen LogP contribution in [0, 0.1) is 11.8 Å². The second-order valence-corrected chi connectivity index (χ2v) is 6.26. The van der Waals surface area contributed by atoms with Gasteiger partial charge in [-0.05, 0) is 38.0 Å². The van der Waals surface area contributed by atoms with Crippen molar-refractivity contribution in [2.45, 2.75) is 32.0 Å². The molecule has 126 valence electrons. The SMILES string of the molecule is CCOc1cccc(C(=O)NN2C(=O)[C@@H]3[C@H](C2=O)[C@H]2CC[C@@H]3O2)c1. The Bertz CT molecular complexity index is 691. The van der Waals surface area contributed by atoms with Gasteiger partial charge < -0.3 is 9.47 Å². The second kappa shape index (κ2) is 5.59. The smallest absolute Gasteiger partial charge is 0.270 e. The van der Waals surface area contributed by atoms with E-state index in [1.165, 1.54) is 0 Å². The molecule has 3 aliphatic rings. The van der Waals surface area contributed by atoms with Gasteiger partial charge in [0.1, 0.15) is 5.75 Å². The summed E-state index contributed by atoms with van der Waals surface area (Å²) < 4.78 is 11.0. The number of carbonyl (C=O) groups is 3. The van der Waals surface area contributed by atoms with Crippen molar-refractivity contribution in [2.75, 3.05) is 6.61 Å². The fourth-order valence-corrected chi connectivity index (χ4v) is 3.88. The maximum absolute atomic E-state index is 12.5. The number of amides is 3. The van der Waals surface area contributed by atoms with Gasteiger partial charge in [-0.2, -0.15) is 5.01 Å². The number of nitrogens with zero attached hydrogens (tertiary/aromatic N) is 1. The first kappa shape index (κ1) is 15.1. The Labute approximate surface area is 138 Å². The van der Waals surface area contributed by atoms with Crippen molar-refractivity contribution in [3.63, 3.8) is 0 Å². The summed E-state index contributed by atoms with van der Waals surface area (Å²) in [7, 11) is 0. The summed E-state index contributed by atoms with van der Waals surface area (Å²) in [6, 6.07) is 6.62. The number of hydrogen-bond acceptors (Lipinski definition) is 5. The number of carbonyl (C=O) groups excluding carboxylic acids is 3. The minimum absolute atomic E-state index is 0.195. The van der Waals surface area contributed by atoms with Crippen molar-refractivity contribution in [3.8, 4) is 5.75 Å². The number of benzene rings is 1. The third-order valence-electron chi connectivity index (χ3n) is 4.90. The molecule has 24 heavy (non-hydrogen) atoms. The van der Waals surface area contributed by atoms with Crippen LogP contribution in [-0.2, 0) is 14.3 Å². The zero-order valence-corrected chi connectivity index (χ0v) is 13.2. The van der Waals surface area contributed by atoms with Crippen LogP contribution in [0.1, 0.15) is 30.1 Å². The molecule has 4 rings (SSSR count). The Morgan fingerprint density at radius 3 is 2.54 bits per heavy atom. The summed E-state index contributed by atoms with van der Waals surface area (Å²) in [6.45, 7) is 2.34. The molecule has 0 unspecified atom stereocenters. The Morgan fingerprint density at radius 2 is 1.92 bits per heavy atom. The third kappa shape index (κ3) is 2.19. The Kier molecular flexibility index (Phi) is 3.53. The van der Waals surface area contributed by atoms with E-state index in [1.807, 2.05) is 6.92 Å². The highest BCUT2D eigenvalue weighted by Gasteiger charge is 2.62. The number of nitrogens with one attached hydrogen (secondary N) is 1. The van der Waals surface area contributed by atoms with E-state index in [9.17, 15) is 14.4 Å². The van der Waals surface area contributed by atoms with E-state index in [0.717, 1.165) is 17.9 Å². The fraction of sp³-hybridized carbons (Fsp3) is 0.471. The summed E-state index contributed by atoms with van der Waals surface area (Å²) in [5.74, 6) is -1.59. The van der Waals surface area contributed by atoms with Gasteiger partial charge in [-0.1, -0.05) is 6.07 Å². The number of hydrogen-bond donors (Lipinski definition) is 1. The van der Waals surface area contributed by atoms with Gasteiger partial charge in [-0.25, -0.2) is 0 Å². The molecule has 3 aliphatic heterocycles. The van der Waals surface area contributed by atoms with E-state index in [0.29, 0.717) is 17.9 Å². The van der Waals surface area contributed by atoms with Crippen LogP contribution < -0.4 is 10.2 Å². The van der Waals surface area contributed by atoms with Crippen LogP contribution in [-0.4, -0.2) is 41.5 Å². The van der Waals surface area contributed by atoms with Crippen LogP contribution in [0.3, 0.4) is 0 Å². The van der Waals surface area contributed by atoms with Crippen LogP contribution >= 0.6 is 0 Å². The lowest BCUT2D eigenvalue weighted by molar-refractivity contribution is -0.145. The van der Waals surface area contributed by atoms with E-state index in [1.54, 1.807) is 24.3 Å². The van der Waals surface area contributed by atoms with Crippen molar-refractivity contribution in [1.82, 2.24) is 10.4 Å². The standard InChI is InChI=1S/C17H18N2O5/c1-2-23-10-5-3-4-9(8-10)15(20)18-19-16(21)13-11-6-7-12(24-11)14(13)17(19)22/h3-5,8,11-14H,2,6-7H2,1H3,(H,18,20)/t11-,12+,13-,14+. The van der Waals surface area contributed by atoms with Gasteiger partial charge in [0.15, 0.2) is 0 Å². The molecule has 0 aromatic heterocycles. The van der Waals surface area contributed by atoms with E-state index >= 15 is 0 Å². The highest BCUT2D eigenvalue weighted by atomic mass is 16.5. The number of imide groups is 1. The van der Waals surface area contributed by atoms with E-state index < -0.39 is 17.7 Å². The first-order valence-corrected chi connectivity index (χ1v) is 8.17. The van der Waals surface area contributed by atoms with Crippen molar-refractivity contribution < 1.29 is 23.9 Å². The molecule has 0 spiro atoms. The topological polar surface area (TPSA) is 84.9 Å². The molecule has 4 atom stereocenters. The van der Waals surface area contributed by atoms with Crippen molar-refractivity contribution in [1.29, 1.82) is 0 Å². The third-order valence-corrected chi connectivity index (χ3v) is 4.90. The van der Waals surface area contributed by atoms with Gasteiger partial charge in [0.05, 0.1) is 30.7 Å². The fourth-order valence-electron chi connectivity index (χ4n) is 3.88. The van der Waals surface area contributed by atoms with Crippen molar-refractivity contribution >= 4 is 17.7 Å². The summed E-state index contributed by atoms with van der Waals surface area (Å²) in [6.07, 6.45) is 1.20. The highest BCUT2D eigenvalue weighted by molar-refractivity contribution is 6.08. The molecule has 0 saturated carbocycles. The maximum atomic E-state index is 12.5. The molecular formula is C17H18N2O5. The molecule has 3 fully saturated rings. The van der Waals surface area contributed by atoms with Gasteiger partial charge in [-0.15, -0.1) is 0 Å². The number of fused-ring (bicyclic) bond motifs is 5. The molecule has 3 amide bonds. The molecule has 3 saturated heterocycles. The van der Waals surface area contributed by atoms with Crippen LogP contribution in [0.5, 0.6) is 5.75 Å². The van der Waals surface area contributed by atoms with E-state index in [-0.39, 0.29) is 24.0 Å². The average Bonchev–Trinajstić information content (AvgIpc) is 3.25. The first-order chi connectivity index (χ1) is 11.6. The minimum atomic E-state index is -0.508. The molecule has 3 heterocycles. The predicted octanol–water partition coefficient (Wildman–Crippen LogP) is 0.892. The normalized spacial score (nSPS) is 30.6. The number of ether oxygens (including phenoxy) is 2. The molecule has 7 nitrogen and oxygen atoms in total.